The molecule has 10 heteroatoms. The molecule has 3 aromatic carbocycles. The van der Waals surface area contributed by atoms with Crippen LogP contribution in [-0.2, 0) is 4.79 Å². The summed E-state index contributed by atoms with van der Waals surface area (Å²) in [6.07, 6.45) is 1.74. The first-order chi connectivity index (χ1) is 19.4. The molecule has 3 aromatic heterocycles. The largest absolute Gasteiger partial charge is 0.326 e. The third kappa shape index (κ3) is 4.39. The number of thiazole rings is 1. The number of carbonyl (C=O) groups is 1. The Labute approximate surface area is 237 Å². The van der Waals surface area contributed by atoms with Crippen molar-refractivity contribution in [2.45, 2.75) is 31.5 Å². The van der Waals surface area contributed by atoms with Crippen molar-refractivity contribution >= 4 is 55.9 Å². The Balaban J connectivity index is 1.08. The number of rotatable bonds is 5. The number of fused-ring (bicyclic) bond motifs is 3. The number of aromatic nitrogens is 5. The van der Waals surface area contributed by atoms with Gasteiger partial charge >= 0.3 is 0 Å². The zero-order valence-corrected chi connectivity index (χ0v) is 23.4. The number of carbonyl (C=O) groups excluding carboxylic acids is 1. The van der Waals surface area contributed by atoms with Gasteiger partial charge in [-0.05, 0) is 67.9 Å². The minimum absolute atomic E-state index is 0.149. The number of hydrogen-bond donors (Lipinski definition) is 1. The van der Waals surface area contributed by atoms with E-state index in [1.807, 2.05) is 61.5 Å². The number of amides is 1. The second-order valence-electron chi connectivity index (χ2n) is 9.98. The summed E-state index contributed by atoms with van der Waals surface area (Å²) < 4.78 is 4.49. The summed E-state index contributed by atoms with van der Waals surface area (Å²) >= 11 is 3.15. The van der Waals surface area contributed by atoms with Crippen molar-refractivity contribution in [3.05, 3.63) is 94.4 Å². The monoisotopic (exact) mass is 564 g/mol. The molecule has 198 valence electrons. The van der Waals surface area contributed by atoms with Crippen LogP contribution in [0.2, 0.25) is 0 Å². The SMILES string of the molecule is Cc1ccc(-n2ncc3c(=O)n4c(nc32)SCC4CC(=O)Nc2ccc(-c3nc4ccc(C)cc4s3)cc2)cc1. The highest BCUT2D eigenvalue weighted by Gasteiger charge is 2.29. The summed E-state index contributed by atoms with van der Waals surface area (Å²) in [6.45, 7) is 4.10. The zero-order valence-electron chi connectivity index (χ0n) is 21.8. The van der Waals surface area contributed by atoms with Crippen molar-refractivity contribution in [1.29, 1.82) is 0 Å². The molecule has 0 radical (unpaired) electrons. The maximum Gasteiger partial charge on any atom is 0.265 e. The van der Waals surface area contributed by atoms with Crippen LogP contribution in [0.5, 0.6) is 0 Å². The van der Waals surface area contributed by atoms with Crippen LogP contribution in [0.3, 0.4) is 0 Å². The molecule has 1 amide bonds. The fraction of sp³-hybridized carbons (Fsp3) is 0.167. The van der Waals surface area contributed by atoms with Gasteiger partial charge in [0.05, 0.1) is 28.1 Å². The topological polar surface area (TPSA) is 94.7 Å². The Morgan fingerprint density at radius 1 is 1.00 bits per heavy atom. The number of anilines is 1. The number of nitrogens with zero attached hydrogens (tertiary/aromatic N) is 5. The average molecular weight is 565 g/mol. The van der Waals surface area contributed by atoms with Gasteiger partial charge in [0.1, 0.15) is 10.4 Å². The van der Waals surface area contributed by atoms with Crippen molar-refractivity contribution in [1.82, 2.24) is 24.3 Å². The van der Waals surface area contributed by atoms with Gasteiger partial charge in [-0.2, -0.15) is 5.10 Å². The van der Waals surface area contributed by atoms with E-state index in [0.29, 0.717) is 27.6 Å². The predicted octanol–water partition coefficient (Wildman–Crippen LogP) is 6.15. The van der Waals surface area contributed by atoms with E-state index in [9.17, 15) is 9.59 Å². The van der Waals surface area contributed by atoms with Crippen LogP contribution in [0, 0.1) is 13.8 Å². The molecule has 1 N–H and O–H groups in total. The molecule has 6 aromatic rings. The first kappa shape index (κ1) is 24.7. The molecular weight excluding hydrogens is 541 g/mol. The molecule has 1 aliphatic rings. The van der Waals surface area contributed by atoms with E-state index in [1.165, 1.54) is 17.3 Å². The lowest BCUT2D eigenvalue weighted by atomic mass is 10.2. The van der Waals surface area contributed by atoms with E-state index < -0.39 is 0 Å². The highest BCUT2D eigenvalue weighted by molar-refractivity contribution is 7.99. The van der Waals surface area contributed by atoms with Gasteiger partial charge in [0.2, 0.25) is 5.91 Å². The van der Waals surface area contributed by atoms with Crippen molar-refractivity contribution in [2.24, 2.45) is 0 Å². The van der Waals surface area contributed by atoms with Crippen LogP contribution >= 0.6 is 23.1 Å². The molecule has 1 atom stereocenters. The molecule has 4 heterocycles. The van der Waals surface area contributed by atoms with E-state index in [0.717, 1.165) is 32.0 Å². The first-order valence-electron chi connectivity index (χ1n) is 12.9. The van der Waals surface area contributed by atoms with Crippen molar-refractivity contribution < 1.29 is 4.79 Å². The van der Waals surface area contributed by atoms with Crippen LogP contribution in [0.1, 0.15) is 23.6 Å². The fourth-order valence-electron chi connectivity index (χ4n) is 4.93. The predicted molar refractivity (Wildman–Crippen MR) is 161 cm³/mol. The third-order valence-electron chi connectivity index (χ3n) is 7.03. The van der Waals surface area contributed by atoms with Gasteiger partial charge in [-0.25, -0.2) is 14.6 Å². The summed E-state index contributed by atoms with van der Waals surface area (Å²) in [5.41, 5.74) is 6.26. The van der Waals surface area contributed by atoms with Crippen molar-refractivity contribution in [2.75, 3.05) is 11.1 Å². The van der Waals surface area contributed by atoms with Crippen LogP contribution in [0.15, 0.2) is 82.9 Å². The maximum atomic E-state index is 13.4. The van der Waals surface area contributed by atoms with Gasteiger partial charge in [0, 0.05) is 23.4 Å². The molecule has 40 heavy (non-hydrogen) atoms. The Kier molecular flexibility index (Phi) is 6.01. The minimum Gasteiger partial charge on any atom is -0.326 e. The zero-order chi connectivity index (χ0) is 27.4. The number of thioether (sulfide) groups is 1. The summed E-state index contributed by atoms with van der Waals surface area (Å²) in [4.78, 5) is 35.9. The van der Waals surface area contributed by atoms with Crippen LogP contribution in [0.4, 0.5) is 5.69 Å². The van der Waals surface area contributed by atoms with Gasteiger partial charge in [0.15, 0.2) is 10.8 Å². The number of aryl methyl sites for hydroxylation is 2. The number of benzene rings is 3. The minimum atomic E-state index is -0.280. The summed E-state index contributed by atoms with van der Waals surface area (Å²) in [5.74, 6) is 0.458. The van der Waals surface area contributed by atoms with E-state index in [-0.39, 0.29) is 23.9 Å². The summed E-state index contributed by atoms with van der Waals surface area (Å²) in [7, 11) is 0. The molecule has 0 saturated carbocycles. The molecule has 1 unspecified atom stereocenters. The van der Waals surface area contributed by atoms with E-state index >= 15 is 0 Å². The molecule has 1 aliphatic heterocycles. The normalized spacial score (nSPS) is 14.6. The van der Waals surface area contributed by atoms with Crippen LogP contribution < -0.4 is 10.9 Å². The maximum absolute atomic E-state index is 13.4. The summed E-state index contributed by atoms with van der Waals surface area (Å²) in [5, 5.41) is 9.41. The molecule has 0 fully saturated rings. The number of nitrogens with one attached hydrogen (secondary N) is 1. The second-order valence-corrected chi connectivity index (χ2v) is 12.0. The molecule has 0 aliphatic carbocycles. The van der Waals surface area contributed by atoms with E-state index in [1.54, 1.807) is 26.8 Å². The second kappa shape index (κ2) is 9.72. The van der Waals surface area contributed by atoms with Gasteiger partial charge < -0.3 is 5.32 Å². The standard InChI is InChI=1S/C30H24N6O2S2/c1-17-3-10-21(11-4-17)36-27-23(15-31-36)29(38)35-22(16-39-30(35)34-27)14-26(37)32-20-8-6-19(7-9-20)28-33-24-12-5-18(2)13-25(24)40-28/h3-13,15,22H,14,16H2,1-2H3,(H,32,37). The third-order valence-corrected chi connectivity index (χ3v) is 9.19. The molecule has 8 nitrogen and oxygen atoms in total. The molecule has 7 rings (SSSR count). The lowest BCUT2D eigenvalue weighted by Crippen LogP contribution is -2.27. The summed E-state index contributed by atoms with van der Waals surface area (Å²) in [6, 6.07) is 21.6. The lowest BCUT2D eigenvalue weighted by Gasteiger charge is -2.13. The Bertz CT molecular complexity index is 1970. The highest BCUT2D eigenvalue weighted by atomic mass is 32.2. The van der Waals surface area contributed by atoms with Gasteiger partial charge in [-0.15, -0.1) is 11.3 Å². The first-order valence-corrected chi connectivity index (χ1v) is 14.7. The average Bonchev–Trinajstić information content (AvgIpc) is 3.67. The molecular formula is C30H24N6O2S2. The van der Waals surface area contributed by atoms with Crippen LogP contribution in [0.25, 0.3) is 37.5 Å². The number of hydrogen-bond acceptors (Lipinski definition) is 7. The Morgan fingerprint density at radius 3 is 2.58 bits per heavy atom. The van der Waals surface area contributed by atoms with Gasteiger partial charge in [0.25, 0.3) is 5.56 Å². The smallest absolute Gasteiger partial charge is 0.265 e. The molecule has 0 saturated heterocycles. The van der Waals surface area contributed by atoms with Gasteiger partial charge in [-0.1, -0.05) is 35.5 Å². The fourth-order valence-corrected chi connectivity index (χ4v) is 7.13. The molecule has 0 bridgehead atoms. The Hall–Kier alpha value is -4.28. The van der Waals surface area contributed by atoms with Crippen LogP contribution in [-0.4, -0.2) is 36.0 Å². The van der Waals surface area contributed by atoms with Gasteiger partial charge in [-0.3, -0.25) is 14.2 Å². The highest BCUT2D eigenvalue weighted by Crippen LogP contribution is 2.34. The van der Waals surface area contributed by atoms with E-state index in [4.69, 9.17) is 9.97 Å². The molecule has 0 spiro atoms. The van der Waals surface area contributed by atoms with E-state index in [2.05, 4.69) is 29.5 Å². The lowest BCUT2D eigenvalue weighted by molar-refractivity contribution is -0.116. The Morgan fingerprint density at radius 2 is 1.77 bits per heavy atom. The van der Waals surface area contributed by atoms with Crippen molar-refractivity contribution in [3.63, 3.8) is 0 Å². The quantitative estimate of drug-likeness (QED) is 0.252. The van der Waals surface area contributed by atoms with Crippen molar-refractivity contribution in [3.8, 4) is 16.3 Å².